The SMILES string of the molecule is CCOc1ccc(-n2c(Cc3ccccc3)nnc2SCC(=O)c2ccc(O)cc2O)cc1. The summed E-state index contributed by atoms with van der Waals surface area (Å²) in [6.45, 7) is 2.52. The molecule has 0 bridgehead atoms. The Morgan fingerprint density at radius 2 is 1.76 bits per heavy atom. The van der Waals surface area contributed by atoms with Gasteiger partial charge in [0, 0.05) is 18.2 Å². The van der Waals surface area contributed by atoms with Crippen LogP contribution in [0.2, 0.25) is 0 Å². The minimum absolute atomic E-state index is 0.0544. The predicted octanol–water partition coefficient (Wildman–Crippen LogP) is 4.64. The summed E-state index contributed by atoms with van der Waals surface area (Å²) in [7, 11) is 0. The van der Waals surface area contributed by atoms with Gasteiger partial charge in [-0.3, -0.25) is 9.36 Å². The van der Waals surface area contributed by atoms with Crippen LogP contribution < -0.4 is 4.74 Å². The molecule has 0 radical (unpaired) electrons. The van der Waals surface area contributed by atoms with Crippen LogP contribution in [0.25, 0.3) is 5.69 Å². The van der Waals surface area contributed by atoms with E-state index in [0.717, 1.165) is 28.9 Å². The maximum absolute atomic E-state index is 12.7. The number of hydrogen-bond donors (Lipinski definition) is 2. The normalized spacial score (nSPS) is 10.8. The third-order valence-corrected chi connectivity index (χ3v) is 5.85. The molecular formula is C25H23N3O4S. The highest BCUT2D eigenvalue weighted by Crippen LogP contribution is 2.28. The second-order valence-electron chi connectivity index (χ2n) is 7.24. The first kappa shape index (κ1) is 22.4. The number of phenols is 2. The lowest BCUT2D eigenvalue weighted by molar-refractivity contribution is 0.102. The Labute approximate surface area is 195 Å². The minimum atomic E-state index is -0.275. The fourth-order valence-corrected chi connectivity index (χ4v) is 4.22. The number of aromatic hydroxyl groups is 2. The van der Waals surface area contributed by atoms with E-state index in [1.807, 2.05) is 66.1 Å². The molecule has 0 saturated carbocycles. The lowest BCUT2D eigenvalue weighted by Crippen LogP contribution is -2.07. The number of carbonyl (C=O) groups excluding carboxylic acids is 1. The highest BCUT2D eigenvalue weighted by Gasteiger charge is 2.18. The number of ketones is 1. The molecule has 1 aromatic heterocycles. The lowest BCUT2D eigenvalue weighted by Gasteiger charge is -2.11. The molecule has 0 fully saturated rings. The number of aromatic nitrogens is 3. The molecule has 4 aromatic rings. The smallest absolute Gasteiger partial charge is 0.196 e. The van der Waals surface area contributed by atoms with Gasteiger partial charge in [0.1, 0.15) is 23.1 Å². The zero-order valence-electron chi connectivity index (χ0n) is 18.0. The largest absolute Gasteiger partial charge is 0.508 e. The van der Waals surface area contributed by atoms with Crippen LogP contribution in [0, 0.1) is 0 Å². The van der Waals surface area contributed by atoms with Crippen LogP contribution in [-0.2, 0) is 6.42 Å². The molecule has 7 nitrogen and oxygen atoms in total. The molecule has 0 aliphatic heterocycles. The summed E-state index contributed by atoms with van der Waals surface area (Å²) in [5.74, 6) is 0.942. The van der Waals surface area contributed by atoms with Crippen LogP contribution in [0.1, 0.15) is 28.7 Å². The van der Waals surface area contributed by atoms with Crippen LogP contribution in [0.4, 0.5) is 0 Å². The Bertz CT molecular complexity index is 1240. The number of rotatable bonds is 9. The van der Waals surface area contributed by atoms with Crippen LogP contribution in [-0.4, -0.2) is 43.1 Å². The summed E-state index contributed by atoms with van der Waals surface area (Å²) in [6.07, 6.45) is 0.578. The number of thioether (sulfide) groups is 1. The van der Waals surface area contributed by atoms with E-state index in [-0.39, 0.29) is 28.6 Å². The highest BCUT2D eigenvalue weighted by molar-refractivity contribution is 7.99. The van der Waals surface area contributed by atoms with Gasteiger partial charge in [-0.2, -0.15) is 0 Å². The average molecular weight is 462 g/mol. The minimum Gasteiger partial charge on any atom is -0.508 e. The van der Waals surface area contributed by atoms with Crippen LogP contribution in [0.15, 0.2) is 78.0 Å². The topological polar surface area (TPSA) is 97.5 Å². The van der Waals surface area contributed by atoms with Gasteiger partial charge in [0.2, 0.25) is 0 Å². The highest BCUT2D eigenvalue weighted by atomic mass is 32.2. The first-order valence-electron chi connectivity index (χ1n) is 10.4. The molecule has 0 aliphatic rings. The molecule has 0 saturated heterocycles. The van der Waals surface area contributed by atoms with E-state index >= 15 is 0 Å². The zero-order chi connectivity index (χ0) is 23.2. The Morgan fingerprint density at radius 3 is 2.45 bits per heavy atom. The molecule has 2 N–H and O–H groups in total. The number of Topliss-reactive ketones (excluding diaryl/α,β-unsaturated/α-hetero) is 1. The summed E-state index contributed by atoms with van der Waals surface area (Å²) in [4.78, 5) is 12.7. The van der Waals surface area contributed by atoms with Gasteiger partial charge in [0.25, 0.3) is 0 Å². The zero-order valence-corrected chi connectivity index (χ0v) is 18.8. The van der Waals surface area contributed by atoms with Gasteiger partial charge in [0.05, 0.1) is 17.9 Å². The molecule has 33 heavy (non-hydrogen) atoms. The van der Waals surface area contributed by atoms with Gasteiger partial charge in [-0.15, -0.1) is 10.2 Å². The van der Waals surface area contributed by atoms with Gasteiger partial charge in [0.15, 0.2) is 10.9 Å². The third-order valence-electron chi connectivity index (χ3n) is 4.93. The molecule has 0 amide bonds. The van der Waals surface area contributed by atoms with Crippen molar-refractivity contribution in [1.29, 1.82) is 0 Å². The summed E-state index contributed by atoms with van der Waals surface area (Å²) in [6, 6.07) is 21.5. The number of phenolic OH excluding ortho intramolecular Hbond substituents is 2. The third kappa shape index (κ3) is 5.35. The van der Waals surface area contributed by atoms with E-state index in [0.29, 0.717) is 18.2 Å². The van der Waals surface area contributed by atoms with Crippen LogP contribution >= 0.6 is 11.8 Å². The molecular weight excluding hydrogens is 438 g/mol. The quantitative estimate of drug-likeness (QED) is 0.277. The average Bonchev–Trinajstić information content (AvgIpc) is 3.21. The molecule has 4 rings (SSSR count). The fraction of sp³-hybridized carbons (Fsp3) is 0.160. The van der Waals surface area contributed by atoms with E-state index in [1.54, 1.807) is 0 Å². The Balaban J connectivity index is 1.62. The van der Waals surface area contributed by atoms with Crippen molar-refractivity contribution < 1.29 is 19.7 Å². The summed E-state index contributed by atoms with van der Waals surface area (Å²) in [5, 5.41) is 28.8. The van der Waals surface area contributed by atoms with Crippen molar-refractivity contribution in [3.05, 3.63) is 89.7 Å². The van der Waals surface area contributed by atoms with Crippen molar-refractivity contribution in [1.82, 2.24) is 14.8 Å². The maximum Gasteiger partial charge on any atom is 0.196 e. The Morgan fingerprint density at radius 1 is 1.00 bits per heavy atom. The van der Waals surface area contributed by atoms with Crippen LogP contribution in [0.3, 0.4) is 0 Å². The van der Waals surface area contributed by atoms with Gasteiger partial charge in [-0.1, -0.05) is 42.1 Å². The number of ether oxygens (including phenoxy) is 1. The van der Waals surface area contributed by atoms with E-state index in [1.165, 1.54) is 23.9 Å². The van der Waals surface area contributed by atoms with E-state index in [4.69, 9.17) is 4.74 Å². The second-order valence-corrected chi connectivity index (χ2v) is 8.18. The van der Waals surface area contributed by atoms with Crippen LogP contribution in [0.5, 0.6) is 17.2 Å². The molecule has 0 unspecified atom stereocenters. The Kier molecular flexibility index (Phi) is 6.95. The van der Waals surface area contributed by atoms with Gasteiger partial charge < -0.3 is 14.9 Å². The van der Waals surface area contributed by atoms with E-state index < -0.39 is 0 Å². The monoisotopic (exact) mass is 461 g/mol. The summed E-state index contributed by atoms with van der Waals surface area (Å²) >= 11 is 1.24. The first-order chi connectivity index (χ1) is 16.0. The second kappa shape index (κ2) is 10.2. The predicted molar refractivity (Wildman–Crippen MR) is 127 cm³/mol. The van der Waals surface area contributed by atoms with Crippen molar-refractivity contribution in [2.75, 3.05) is 12.4 Å². The van der Waals surface area contributed by atoms with Crippen molar-refractivity contribution >= 4 is 17.5 Å². The molecule has 0 aliphatic carbocycles. The maximum atomic E-state index is 12.7. The molecule has 168 valence electrons. The number of nitrogens with zero attached hydrogens (tertiary/aromatic N) is 3. The lowest BCUT2D eigenvalue weighted by atomic mass is 10.1. The first-order valence-corrected chi connectivity index (χ1v) is 11.4. The molecule has 0 spiro atoms. The fourth-order valence-electron chi connectivity index (χ4n) is 3.37. The van der Waals surface area contributed by atoms with Crippen molar-refractivity contribution in [2.45, 2.75) is 18.5 Å². The van der Waals surface area contributed by atoms with Crippen molar-refractivity contribution in [2.24, 2.45) is 0 Å². The van der Waals surface area contributed by atoms with Gasteiger partial charge in [-0.05, 0) is 48.9 Å². The van der Waals surface area contributed by atoms with Crippen molar-refractivity contribution in [3.8, 4) is 22.9 Å². The van der Waals surface area contributed by atoms with Crippen molar-refractivity contribution in [3.63, 3.8) is 0 Å². The molecule has 0 atom stereocenters. The molecule has 3 aromatic carbocycles. The summed E-state index contributed by atoms with van der Waals surface area (Å²) in [5.41, 5.74) is 2.10. The van der Waals surface area contributed by atoms with E-state index in [9.17, 15) is 15.0 Å². The van der Waals surface area contributed by atoms with E-state index in [2.05, 4.69) is 10.2 Å². The number of hydrogen-bond acceptors (Lipinski definition) is 7. The number of benzene rings is 3. The Hall–Kier alpha value is -3.78. The molecule has 1 heterocycles. The van der Waals surface area contributed by atoms with Gasteiger partial charge >= 0.3 is 0 Å². The standard InChI is InChI=1S/C25H23N3O4S/c1-2-32-20-11-8-18(9-12-20)28-24(14-17-6-4-3-5-7-17)26-27-25(28)33-16-23(31)21-13-10-19(29)15-22(21)30/h3-13,15,29-30H,2,14,16H2,1H3. The van der Waals surface area contributed by atoms with Gasteiger partial charge in [-0.25, -0.2) is 0 Å². The number of carbonyl (C=O) groups is 1. The summed E-state index contributed by atoms with van der Waals surface area (Å²) < 4.78 is 7.48. The molecule has 8 heteroatoms.